The summed E-state index contributed by atoms with van der Waals surface area (Å²) in [6, 6.07) is 0. The molecule has 0 N–H and O–H groups in total. The summed E-state index contributed by atoms with van der Waals surface area (Å²) < 4.78 is 117. The summed E-state index contributed by atoms with van der Waals surface area (Å²) in [5.41, 5.74) is -4.49. The molecule has 1 saturated heterocycles. The lowest BCUT2D eigenvalue weighted by molar-refractivity contribution is -0.189. The molecular weight excluding hydrogens is 615 g/mol. The molecule has 0 unspecified atom stereocenters. The normalized spacial score (nSPS) is 24.2. The number of rotatable bonds is 10. The lowest BCUT2D eigenvalue weighted by Crippen LogP contribution is -2.55. The number of carbonyl (C=O) groups is 2. The van der Waals surface area contributed by atoms with Crippen molar-refractivity contribution in [2.75, 3.05) is 13.1 Å². The summed E-state index contributed by atoms with van der Waals surface area (Å²) in [4.78, 5) is 27.5. The Morgan fingerprint density at radius 1 is 0.711 bits per heavy atom. The molecule has 2 aliphatic heterocycles. The van der Waals surface area contributed by atoms with E-state index >= 15 is 0 Å². The molecule has 0 spiro atoms. The average Bonchev–Trinajstić information content (AvgIpc) is 3.77. The van der Waals surface area contributed by atoms with Gasteiger partial charge in [0.05, 0.1) is 10.8 Å². The molecule has 2 heterocycles. The zero-order chi connectivity index (χ0) is 34.1. The van der Waals surface area contributed by atoms with Crippen LogP contribution in [-0.2, 0) is 9.59 Å². The Labute approximate surface area is 260 Å². The molecule has 2 aliphatic carbocycles. The molecule has 4 aliphatic rings. The average molecular weight is 663 g/mol. The summed E-state index contributed by atoms with van der Waals surface area (Å²) in [7, 11) is 0. The van der Waals surface area contributed by atoms with Gasteiger partial charge in [-0.25, -0.2) is 13.2 Å². The molecule has 0 bridgehead atoms. The fraction of sp³-hybridized carbons (Fsp3) is 0.875. The van der Waals surface area contributed by atoms with Gasteiger partial charge in [0, 0.05) is 56.3 Å². The molecule has 0 aromatic carbocycles. The fourth-order valence-electron chi connectivity index (χ4n) is 6.72. The summed E-state index contributed by atoms with van der Waals surface area (Å²) >= 11 is 0. The third-order valence-electron chi connectivity index (χ3n) is 10.1. The highest BCUT2D eigenvalue weighted by Crippen LogP contribution is 2.61. The number of piperidine rings is 1. The van der Waals surface area contributed by atoms with Crippen molar-refractivity contribution in [3.63, 3.8) is 0 Å². The molecule has 0 aromatic heterocycles. The number of likely N-dealkylation sites (tertiary alicyclic amines) is 1. The maximum atomic E-state index is 13.4. The molecule has 4 rings (SSSR count). The quantitative estimate of drug-likeness (QED) is 0.173. The summed E-state index contributed by atoms with van der Waals surface area (Å²) in [6.45, 7) is 7.08. The number of halogens is 9. The second-order valence-electron chi connectivity index (χ2n) is 14.8. The van der Waals surface area contributed by atoms with E-state index in [0.29, 0.717) is 25.7 Å². The monoisotopic (exact) mass is 662 g/mol. The predicted octanol–water partition coefficient (Wildman–Crippen LogP) is 9.68. The van der Waals surface area contributed by atoms with Crippen molar-refractivity contribution in [1.82, 2.24) is 9.80 Å². The van der Waals surface area contributed by atoms with Gasteiger partial charge in [-0.2, -0.15) is 26.3 Å². The fourth-order valence-corrected chi connectivity index (χ4v) is 6.72. The van der Waals surface area contributed by atoms with Gasteiger partial charge < -0.3 is 9.80 Å². The van der Waals surface area contributed by atoms with Crippen molar-refractivity contribution in [3.8, 4) is 0 Å². The summed E-state index contributed by atoms with van der Waals surface area (Å²) in [5.74, 6) is -3.31. The standard InChI is InChI=1S/C16H24F5NO.C16H23F4NO/c1-13(2)11-15(17,18)9-10-22(13)12(23)5-3-4-6-14(7-8-14)16(19,20)21;1-14(2)11-12(17)6-10-21(14)13(22)5-3-4-7-15(8-9-15)16(18,19)20/h3-11H2,1-2H3;6H,3-5,7-11H2,1-2H3. The molecule has 13 heteroatoms. The molecular formula is C32H47F9N2O2. The molecule has 2 amide bonds. The summed E-state index contributed by atoms with van der Waals surface area (Å²) in [5, 5.41) is 0. The first-order valence-corrected chi connectivity index (χ1v) is 15.9. The number of hydrogen-bond acceptors (Lipinski definition) is 2. The SMILES string of the molecule is CC1(C)CC(F)(F)CCN1C(=O)CCCCC1(C(F)(F)F)CC1.CC1(C)CC(F)=CCN1C(=O)CCCCC1(C(F)(F)F)CC1. The Bertz CT molecular complexity index is 1090. The minimum absolute atomic E-state index is 0.00528. The highest BCUT2D eigenvalue weighted by atomic mass is 19.4. The first-order valence-electron chi connectivity index (χ1n) is 15.9. The van der Waals surface area contributed by atoms with Crippen molar-refractivity contribution >= 4 is 11.8 Å². The molecule has 0 radical (unpaired) electrons. The van der Waals surface area contributed by atoms with Gasteiger partial charge in [-0.3, -0.25) is 9.59 Å². The Hall–Kier alpha value is -1.95. The van der Waals surface area contributed by atoms with Crippen LogP contribution in [0.25, 0.3) is 0 Å². The number of nitrogens with zero attached hydrogens (tertiary/aromatic N) is 2. The van der Waals surface area contributed by atoms with Crippen LogP contribution in [0.15, 0.2) is 11.9 Å². The number of alkyl halides is 8. The van der Waals surface area contributed by atoms with E-state index in [-0.39, 0.29) is 101 Å². The minimum Gasteiger partial charge on any atom is -0.337 e. The lowest BCUT2D eigenvalue weighted by Gasteiger charge is -2.45. The third-order valence-corrected chi connectivity index (χ3v) is 10.1. The first kappa shape index (κ1) is 37.5. The second kappa shape index (κ2) is 13.3. The van der Waals surface area contributed by atoms with Gasteiger partial charge in [0.25, 0.3) is 5.92 Å². The zero-order valence-electron chi connectivity index (χ0n) is 26.7. The van der Waals surface area contributed by atoms with E-state index in [2.05, 4.69) is 0 Å². The van der Waals surface area contributed by atoms with Crippen LogP contribution in [-0.4, -0.2) is 64.1 Å². The van der Waals surface area contributed by atoms with Crippen LogP contribution in [0.2, 0.25) is 0 Å². The van der Waals surface area contributed by atoms with Crippen LogP contribution >= 0.6 is 0 Å². The predicted molar refractivity (Wildman–Crippen MR) is 152 cm³/mol. The second-order valence-corrected chi connectivity index (χ2v) is 14.8. The van der Waals surface area contributed by atoms with Crippen molar-refractivity contribution in [2.45, 2.75) is 153 Å². The zero-order valence-corrected chi connectivity index (χ0v) is 26.7. The maximum absolute atomic E-state index is 13.4. The van der Waals surface area contributed by atoms with Crippen molar-refractivity contribution in [1.29, 1.82) is 0 Å². The Morgan fingerprint density at radius 3 is 1.53 bits per heavy atom. The molecule has 45 heavy (non-hydrogen) atoms. The molecule has 0 atom stereocenters. The Morgan fingerprint density at radius 2 is 1.16 bits per heavy atom. The number of unbranched alkanes of at least 4 members (excludes halogenated alkanes) is 2. The van der Waals surface area contributed by atoms with E-state index < -0.39 is 40.2 Å². The molecule has 4 nitrogen and oxygen atoms in total. The van der Waals surface area contributed by atoms with E-state index in [1.165, 1.54) is 11.0 Å². The number of carbonyl (C=O) groups excluding carboxylic acids is 2. The van der Waals surface area contributed by atoms with Crippen molar-refractivity contribution in [2.24, 2.45) is 10.8 Å². The molecule has 3 fully saturated rings. The van der Waals surface area contributed by atoms with Gasteiger partial charge in [0.15, 0.2) is 0 Å². The van der Waals surface area contributed by atoms with Gasteiger partial charge in [-0.05, 0) is 85.1 Å². The largest absolute Gasteiger partial charge is 0.394 e. The van der Waals surface area contributed by atoms with Gasteiger partial charge in [0.1, 0.15) is 5.83 Å². The third kappa shape index (κ3) is 9.55. The highest BCUT2D eigenvalue weighted by Gasteiger charge is 2.63. The van der Waals surface area contributed by atoms with Gasteiger partial charge in [-0.1, -0.05) is 12.8 Å². The highest BCUT2D eigenvalue weighted by molar-refractivity contribution is 5.77. The van der Waals surface area contributed by atoms with Gasteiger partial charge in [-0.15, -0.1) is 0 Å². The lowest BCUT2D eigenvalue weighted by atomic mass is 9.87. The van der Waals surface area contributed by atoms with Crippen molar-refractivity contribution in [3.05, 3.63) is 11.9 Å². The number of amides is 2. The van der Waals surface area contributed by atoms with Crippen LogP contribution in [0, 0.1) is 10.8 Å². The van der Waals surface area contributed by atoms with E-state index in [1.54, 1.807) is 32.6 Å². The van der Waals surface area contributed by atoms with Crippen molar-refractivity contribution < 1.29 is 49.1 Å². The van der Waals surface area contributed by atoms with Crippen LogP contribution < -0.4 is 0 Å². The minimum atomic E-state index is -4.16. The summed E-state index contributed by atoms with van der Waals surface area (Å²) in [6.07, 6.45) is -4.51. The van der Waals surface area contributed by atoms with Gasteiger partial charge in [0.2, 0.25) is 11.8 Å². The molecule has 0 aromatic rings. The Kier molecular flexibility index (Phi) is 11.1. The van der Waals surface area contributed by atoms with E-state index in [9.17, 15) is 49.1 Å². The smallest absolute Gasteiger partial charge is 0.337 e. The Balaban J connectivity index is 0.000000246. The maximum Gasteiger partial charge on any atom is 0.394 e. The first-order chi connectivity index (χ1) is 20.5. The van der Waals surface area contributed by atoms with Crippen LogP contribution in [0.1, 0.15) is 124 Å². The van der Waals surface area contributed by atoms with Crippen LogP contribution in [0.5, 0.6) is 0 Å². The van der Waals surface area contributed by atoms with E-state index in [1.807, 2.05) is 0 Å². The van der Waals surface area contributed by atoms with Crippen LogP contribution in [0.4, 0.5) is 39.5 Å². The van der Waals surface area contributed by atoms with Gasteiger partial charge >= 0.3 is 12.4 Å². The molecule has 2 saturated carbocycles. The topological polar surface area (TPSA) is 40.6 Å². The van der Waals surface area contributed by atoms with E-state index in [0.717, 1.165) is 0 Å². The van der Waals surface area contributed by atoms with E-state index in [4.69, 9.17) is 0 Å². The number of hydrogen-bond donors (Lipinski definition) is 0. The van der Waals surface area contributed by atoms with Crippen LogP contribution in [0.3, 0.4) is 0 Å². The molecule has 260 valence electrons.